The van der Waals surface area contributed by atoms with Gasteiger partial charge in [0, 0.05) is 6.61 Å². The third-order valence-electron chi connectivity index (χ3n) is 10.0. The van der Waals surface area contributed by atoms with E-state index in [1.807, 2.05) is 12.2 Å². The Morgan fingerprint density at radius 2 is 0.816 bits per heavy atom. The van der Waals surface area contributed by atoms with Crippen molar-refractivity contribution in [2.45, 2.75) is 237 Å². The lowest BCUT2D eigenvalue weighted by molar-refractivity contribution is -0.118. The molecule has 0 saturated carbocycles. The zero-order valence-electron chi connectivity index (χ0n) is 32.7. The van der Waals surface area contributed by atoms with Crippen LogP contribution in [0.2, 0.25) is 0 Å². The first kappa shape index (κ1) is 47.8. The highest BCUT2D eigenvalue weighted by Gasteiger charge is 2.17. The Morgan fingerprint density at radius 3 is 1.16 bits per heavy atom. The molecule has 0 fully saturated rings. The van der Waals surface area contributed by atoms with Gasteiger partial charge in [-0.1, -0.05) is 211 Å². The SMILES string of the molecule is CCCCCCCCCCCCCCCC=CC(O)C(CO)NC(=O)C=CCCCCCCCCCCCCCCCCCCCCCO. The summed E-state index contributed by atoms with van der Waals surface area (Å²) < 4.78 is 0. The third-order valence-corrected chi connectivity index (χ3v) is 10.0. The molecule has 0 aliphatic rings. The maximum atomic E-state index is 12.3. The molecule has 0 aliphatic carbocycles. The molecule has 1 amide bonds. The summed E-state index contributed by atoms with van der Waals surface area (Å²) in [6, 6.07) is -0.672. The van der Waals surface area contributed by atoms with Gasteiger partial charge in [0.2, 0.25) is 5.91 Å². The average Bonchev–Trinajstić information content (AvgIpc) is 3.10. The molecule has 0 spiro atoms. The predicted octanol–water partition coefficient (Wildman–Crippen LogP) is 12.2. The second-order valence-corrected chi connectivity index (χ2v) is 14.9. The highest BCUT2D eigenvalue weighted by Crippen LogP contribution is 2.16. The third kappa shape index (κ3) is 37.9. The van der Waals surface area contributed by atoms with Gasteiger partial charge in [-0.25, -0.2) is 0 Å². The fraction of sp³-hybridized carbons (Fsp3) is 0.886. The molecule has 2 atom stereocenters. The van der Waals surface area contributed by atoms with E-state index >= 15 is 0 Å². The summed E-state index contributed by atoms with van der Waals surface area (Å²) in [5.41, 5.74) is 0. The molecule has 0 aromatic rings. The summed E-state index contributed by atoms with van der Waals surface area (Å²) in [6.45, 7) is 2.34. The fourth-order valence-electron chi connectivity index (χ4n) is 6.69. The quantitative estimate of drug-likeness (QED) is 0.0292. The van der Waals surface area contributed by atoms with E-state index in [1.54, 1.807) is 12.2 Å². The van der Waals surface area contributed by atoms with E-state index < -0.39 is 12.1 Å². The van der Waals surface area contributed by atoms with Crippen molar-refractivity contribution >= 4 is 5.91 Å². The van der Waals surface area contributed by atoms with Crippen molar-refractivity contribution in [2.24, 2.45) is 0 Å². The van der Waals surface area contributed by atoms with E-state index in [0.717, 1.165) is 32.1 Å². The van der Waals surface area contributed by atoms with Crippen LogP contribution in [0.5, 0.6) is 0 Å². The van der Waals surface area contributed by atoms with Crippen LogP contribution in [0.3, 0.4) is 0 Å². The molecule has 5 nitrogen and oxygen atoms in total. The first-order valence-corrected chi connectivity index (χ1v) is 21.7. The molecule has 5 heteroatoms. The van der Waals surface area contributed by atoms with Gasteiger partial charge in [0.1, 0.15) is 0 Å². The van der Waals surface area contributed by atoms with Crippen LogP contribution in [0, 0.1) is 0 Å². The molecular weight excluding hydrogens is 606 g/mol. The lowest BCUT2D eigenvalue weighted by Crippen LogP contribution is -2.44. The van der Waals surface area contributed by atoms with Crippen molar-refractivity contribution in [3.63, 3.8) is 0 Å². The highest BCUT2D eigenvalue weighted by molar-refractivity contribution is 5.87. The minimum absolute atomic E-state index is 0.246. The molecule has 0 aromatic heterocycles. The molecule has 4 N–H and O–H groups in total. The summed E-state index contributed by atoms with van der Waals surface area (Å²) in [7, 11) is 0. The van der Waals surface area contributed by atoms with Crippen molar-refractivity contribution < 1.29 is 20.1 Å². The van der Waals surface area contributed by atoms with Crippen molar-refractivity contribution in [1.82, 2.24) is 5.32 Å². The van der Waals surface area contributed by atoms with Gasteiger partial charge in [-0.3, -0.25) is 4.79 Å². The van der Waals surface area contributed by atoms with Gasteiger partial charge < -0.3 is 20.6 Å². The maximum Gasteiger partial charge on any atom is 0.244 e. The van der Waals surface area contributed by atoms with E-state index in [9.17, 15) is 15.0 Å². The van der Waals surface area contributed by atoms with Crippen LogP contribution in [0.15, 0.2) is 24.3 Å². The van der Waals surface area contributed by atoms with Crippen molar-refractivity contribution in [3.8, 4) is 0 Å². The first-order valence-electron chi connectivity index (χ1n) is 21.7. The Morgan fingerprint density at radius 1 is 0.490 bits per heavy atom. The van der Waals surface area contributed by atoms with Gasteiger partial charge in [-0.05, 0) is 38.2 Å². The number of hydrogen-bond acceptors (Lipinski definition) is 4. The molecule has 0 heterocycles. The van der Waals surface area contributed by atoms with Gasteiger partial charge >= 0.3 is 0 Å². The van der Waals surface area contributed by atoms with Gasteiger partial charge in [-0.2, -0.15) is 0 Å². The zero-order valence-corrected chi connectivity index (χ0v) is 32.7. The number of allylic oxidation sites excluding steroid dienone is 2. The normalized spacial score (nSPS) is 13.1. The Bertz CT molecular complexity index is 709. The van der Waals surface area contributed by atoms with Crippen LogP contribution in [0.1, 0.15) is 225 Å². The Hall–Kier alpha value is -1.17. The molecular formula is C44H85NO4. The largest absolute Gasteiger partial charge is 0.396 e. The second kappa shape index (κ2) is 41.3. The van der Waals surface area contributed by atoms with E-state index in [0.29, 0.717) is 6.61 Å². The van der Waals surface area contributed by atoms with Crippen LogP contribution in [0.25, 0.3) is 0 Å². The van der Waals surface area contributed by atoms with Crippen molar-refractivity contribution in [2.75, 3.05) is 13.2 Å². The summed E-state index contributed by atoms with van der Waals surface area (Å²) in [5, 5.41) is 31.7. The van der Waals surface area contributed by atoms with Crippen LogP contribution in [0.4, 0.5) is 0 Å². The number of hydrogen-bond donors (Lipinski definition) is 4. The van der Waals surface area contributed by atoms with Gasteiger partial charge in [-0.15, -0.1) is 0 Å². The van der Waals surface area contributed by atoms with Crippen LogP contribution >= 0.6 is 0 Å². The smallest absolute Gasteiger partial charge is 0.244 e. The fourth-order valence-corrected chi connectivity index (χ4v) is 6.69. The lowest BCUT2D eigenvalue weighted by Gasteiger charge is -2.18. The summed E-state index contributed by atoms with van der Waals surface area (Å²) >= 11 is 0. The number of carbonyl (C=O) groups excluding carboxylic acids is 1. The average molecular weight is 692 g/mol. The van der Waals surface area contributed by atoms with Crippen LogP contribution < -0.4 is 5.32 Å². The van der Waals surface area contributed by atoms with Gasteiger partial charge in [0.05, 0.1) is 18.8 Å². The molecule has 0 aromatic carbocycles. The van der Waals surface area contributed by atoms with Gasteiger partial charge in [0.15, 0.2) is 0 Å². The standard InChI is InChI=1S/C44H85NO4/c1-2-3-4-5-6-7-8-9-17-20-23-26-29-32-35-38-43(48)42(41-47)45-44(49)39-36-33-30-27-24-21-18-15-13-11-10-12-14-16-19-22-25-28-31-34-37-40-46/h35-36,38-39,42-43,46-48H,2-34,37,40-41H2,1H3,(H,45,49). The Balaban J connectivity index is 3.57. The number of aliphatic hydroxyl groups excluding tert-OH is 3. The monoisotopic (exact) mass is 692 g/mol. The number of amides is 1. The Kier molecular flexibility index (Phi) is 40.3. The van der Waals surface area contributed by atoms with E-state index in [-0.39, 0.29) is 12.5 Å². The minimum Gasteiger partial charge on any atom is -0.396 e. The molecule has 0 aliphatic heterocycles. The topological polar surface area (TPSA) is 89.8 Å². The number of rotatable bonds is 40. The number of nitrogens with one attached hydrogen (secondary N) is 1. The van der Waals surface area contributed by atoms with Crippen LogP contribution in [-0.2, 0) is 4.79 Å². The van der Waals surface area contributed by atoms with E-state index in [1.165, 1.54) is 186 Å². The minimum atomic E-state index is -0.872. The molecule has 49 heavy (non-hydrogen) atoms. The van der Waals surface area contributed by atoms with Crippen LogP contribution in [-0.4, -0.2) is 46.6 Å². The molecule has 0 saturated heterocycles. The van der Waals surface area contributed by atoms with Crippen molar-refractivity contribution in [1.29, 1.82) is 0 Å². The zero-order chi connectivity index (χ0) is 35.7. The molecule has 2 unspecified atom stereocenters. The summed E-state index contributed by atoms with van der Waals surface area (Å²) in [5.74, 6) is -0.246. The molecule has 0 rings (SSSR count). The maximum absolute atomic E-state index is 12.3. The lowest BCUT2D eigenvalue weighted by atomic mass is 10.0. The second-order valence-electron chi connectivity index (χ2n) is 14.9. The number of aliphatic hydroxyl groups is 3. The number of carbonyl (C=O) groups is 1. The first-order chi connectivity index (χ1) is 24.2. The van der Waals surface area contributed by atoms with Gasteiger partial charge in [0.25, 0.3) is 0 Å². The predicted molar refractivity (Wildman–Crippen MR) is 213 cm³/mol. The molecule has 0 bridgehead atoms. The molecule has 290 valence electrons. The van der Waals surface area contributed by atoms with E-state index in [2.05, 4.69) is 12.2 Å². The Labute approximate surface area is 305 Å². The number of unbranched alkanes of at least 4 members (excludes halogenated alkanes) is 32. The van der Waals surface area contributed by atoms with E-state index in [4.69, 9.17) is 5.11 Å². The molecule has 0 radical (unpaired) electrons. The highest BCUT2D eigenvalue weighted by atomic mass is 16.3. The summed E-state index contributed by atoms with van der Waals surface area (Å²) in [6.07, 6.45) is 50.5. The summed E-state index contributed by atoms with van der Waals surface area (Å²) in [4.78, 5) is 12.3. The van der Waals surface area contributed by atoms with Crippen molar-refractivity contribution in [3.05, 3.63) is 24.3 Å².